The highest BCUT2D eigenvalue weighted by Gasteiger charge is 2.56. The molecule has 0 aromatic heterocycles. The Hall–Kier alpha value is -0.980. The van der Waals surface area contributed by atoms with Crippen molar-refractivity contribution < 1.29 is 4.74 Å². The van der Waals surface area contributed by atoms with Gasteiger partial charge < -0.3 is 4.74 Å². The summed E-state index contributed by atoms with van der Waals surface area (Å²) in [7, 11) is 0. The molecule has 0 amide bonds. The van der Waals surface area contributed by atoms with Crippen molar-refractivity contribution in [1.29, 1.82) is 0 Å². The molecule has 0 aliphatic heterocycles. The molecule has 24 heavy (non-hydrogen) atoms. The van der Waals surface area contributed by atoms with Gasteiger partial charge in [0.05, 0.1) is 12.4 Å². The molecule has 0 N–H and O–H groups in total. The Morgan fingerprint density at radius 3 is 2.67 bits per heavy atom. The summed E-state index contributed by atoms with van der Waals surface area (Å²) in [6.07, 6.45) is 16.7. The van der Waals surface area contributed by atoms with Crippen molar-refractivity contribution >= 4 is 0 Å². The van der Waals surface area contributed by atoms with Crippen LogP contribution in [0.25, 0.3) is 0 Å². The normalized spacial score (nSPS) is 45.8. The van der Waals surface area contributed by atoms with Gasteiger partial charge >= 0.3 is 0 Å². The minimum Gasteiger partial charge on any atom is -0.498 e. The highest BCUT2D eigenvalue weighted by molar-refractivity contribution is 5.36. The van der Waals surface area contributed by atoms with Crippen molar-refractivity contribution in [1.82, 2.24) is 0 Å². The van der Waals surface area contributed by atoms with Gasteiger partial charge in [-0.25, -0.2) is 0 Å². The maximum absolute atomic E-state index is 5.84. The van der Waals surface area contributed by atoms with E-state index in [1.54, 1.807) is 11.1 Å². The zero-order valence-corrected chi connectivity index (χ0v) is 16.0. The van der Waals surface area contributed by atoms with Gasteiger partial charge in [0, 0.05) is 6.42 Å². The van der Waals surface area contributed by atoms with E-state index in [9.17, 15) is 0 Å². The van der Waals surface area contributed by atoms with Crippen LogP contribution in [0.4, 0.5) is 0 Å². The fraction of sp³-hybridized carbons (Fsp3) is 0.739. The maximum atomic E-state index is 5.84. The third-order valence-corrected chi connectivity index (χ3v) is 8.26. The number of hydrogen-bond donors (Lipinski definition) is 0. The Morgan fingerprint density at radius 1 is 1.12 bits per heavy atom. The highest BCUT2D eigenvalue weighted by Crippen LogP contribution is 2.65. The lowest BCUT2D eigenvalue weighted by Gasteiger charge is -2.56. The van der Waals surface area contributed by atoms with Gasteiger partial charge in [-0.3, -0.25) is 0 Å². The van der Waals surface area contributed by atoms with Crippen molar-refractivity contribution in [2.45, 2.75) is 72.6 Å². The van der Waals surface area contributed by atoms with Gasteiger partial charge in [-0.05, 0) is 92.6 Å². The van der Waals surface area contributed by atoms with Gasteiger partial charge in [0.25, 0.3) is 0 Å². The molecule has 0 saturated heterocycles. The van der Waals surface area contributed by atoms with Crippen LogP contribution in [0.2, 0.25) is 0 Å². The molecule has 1 nitrogen and oxygen atoms in total. The largest absolute Gasteiger partial charge is 0.498 e. The van der Waals surface area contributed by atoms with Crippen molar-refractivity contribution in [3.8, 4) is 0 Å². The van der Waals surface area contributed by atoms with E-state index in [0.29, 0.717) is 10.8 Å². The zero-order chi connectivity index (χ0) is 16.9. The summed E-state index contributed by atoms with van der Waals surface area (Å²) in [6, 6.07) is 0. The van der Waals surface area contributed by atoms with Crippen molar-refractivity contribution in [2.24, 2.45) is 28.6 Å². The van der Waals surface area contributed by atoms with Crippen LogP contribution in [0.3, 0.4) is 0 Å². The van der Waals surface area contributed by atoms with Gasteiger partial charge in [0.2, 0.25) is 0 Å². The molecule has 5 atom stereocenters. The van der Waals surface area contributed by atoms with E-state index in [4.69, 9.17) is 4.74 Å². The Labute approximate surface area is 148 Å². The summed E-state index contributed by atoms with van der Waals surface area (Å²) < 4.78 is 5.84. The van der Waals surface area contributed by atoms with Crippen LogP contribution in [-0.2, 0) is 4.74 Å². The Morgan fingerprint density at radius 2 is 1.92 bits per heavy atom. The summed E-state index contributed by atoms with van der Waals surface area (Å²) in [5.41, 5.74) is 4.24. The molecule has 0 bridgehead atoms. The monoisotopic (exact) mass is 326 g/mol. The predicted molar refractivity (Wildman–Crippen MR) is 101 cm³/mol. The minimum atomic E-state index is 0.392. The maximum Gasteiger partial charge on any atom is 0.0962 e. The average Bonchev–Trinajstić information content (AvgIpc) is 2.92. The van der Waals surface area contributed by atoms with Crippen LogP contribution in [-0.4, -0.2) is 6.61 Å². The number of ether oxygens (including phenoxy) is 1. The summed E-state index contributed by atoms with van der Waals surface area (Å²) >= 11 is 0. The van der Waals surface area contributed by atoms with E-state index in [1.165, 1.54) is 44.3 Å². The molecule has 1 heteroatoms. The first kappa shape index (κ1) is 16.5. The Bertz CT molecular complexity index is 610. The second-order valence-corrected chi connectivity index (χ2v) is 9.04. The number of allylic oxidation sites excluding steroid dienone is 6. The average molecular weight is 327 g/mol. The fourth-order valence-electron chi connectivity index (χ4n) is 6.92. The summed E-state index contributed by atoms with van der Waals surface area (Å²) in [5.74, 6) is 3.91. The first-order valence-corrected chi connectivity index (χ1v) is 10.2. The number of fused-ring (bicyclic) bond motifs is 5. The van der Waals surface area contributed by atoms with Crippen LogP contribution in [0.5, 0.6) is 0 Å². The molecule has 4 rings (SSSR count). The van der Waals surface area contributed by atoms with Gasteiger partial charge in [0.15, 0.2) is 0 Å². The minimum absolute atomic E-state index is 0.392. The van der Waals surface area contributed by atoms with Crippen LogP contribution in [0.1, 0.15) is 72.6 Å². The molecule has 4 aliphatic carbocycles. The molecular formula is C23H34O. The molecular weight excluding hydrogens is 292 g/mol. The van der Waals surface area contributed by atoms with Gasteiger partial charge in [-0.2, -0.15) is 0 Å². The summed E-state index contributed by atoms with van der Waals surface area (Å²) in [6.45, 7) is 10.3. The zero-order valence-electron chi connectivity index (χ0n) is 16.0. The van der Waals surface area contributed by atoms with Crippen molar-refractivity contribution in [3.05, 3.63) is 35.1 Å². The van der Waals surface area contributed by atoms with Crippen LogP contribution >= 0.6 is 0 Å². The second-order valence-electron chi connectivity index (χ2n) is 9.04. The Kier molecular flexibility index (Phi) is 3.97. The topological polar surface area (TPSA) is 9.23 Å². The van der Waals surface area contributed by atoms with E-state index in [1.807, 2.05) is 0 Å². The van der Waals surface area contributed by atoms with Gasteiger partial charge in [-0.1, -0.05) is 31.6 Å². The first-order chi connectivity index (χ1) is 11.5. The third-order valence-electron chi connectivity index (χ3n) is 8.26. The molecule has 0 radical (unpaired) electrons. The molecule has 2 fully saturated rings. The lowest BCUT2D eigenvalue weighted by molar-refractivity contribution is -0.00881. The summed E-state index contributed by atoms with van der Waals surface area (Å²) in [4.78, 5) is 0. The number of hydrogen-bond acceptors (Lipinski definition) is 1. The van der Waals surface area contributed by atoms with E-state index in [0.717, 1.165) is 30.8 Å². The van der Waals surface area contributed by atoms with Crippen molar-refractivity contribution in [2.75, 3.05) is 6.61 Å². The fourth-order valence-corrected chi connectivity index (χ4v) is 6.92. The second kappa shape index (κ2) is 5.78. The van der Waals surface area contributed by atoms with Gasteiger partial charge in [0.1, 0.15) is 0 Å². The van der Waals surface area contributed by atoms with Crippen molar-refractivity contribution in [3.63, 3.8) is 0 Å². The van der Waals surface area contributed by atoms with E-state index >= 15 is 0 Å². The van der Waals surface area contributed by atoms with E-state index in [-0.39, 0.29) is 0 Å². The molecule has 2 saturated carbocycles. The first-order valence-electron chi connectivity index (χ1n) is 10.2. The van der Waals surface area contributed by atoms with Crippen LogP contribution < -0.4 is 0 Å². The smallest absolute Gasteiger partial charge is 0.0962 e. The molecule has 0 spiro atoms. The highest BCUT2D eigenvalue weighted by atomic mass is 16.5. The van der Waals surface area contributed by atoms with E-state index < -0.39 is 0 Å². The number of rotatable bonds is 2. The Balaban J connectivity index is 1.66. The molecule has 0 heterocycles. The molecule has 0 aromatic rings. The standard InChI is InChI=1S/C23H34O/c1-5-16-8-10-20-19-9-7-17-15-18(24-6-2)11-13-23(17,4)21(19)12-14-22(16,20)3/h5,7,15,19-21H,6,8-14H2,1-4H3/b16-5-. The van der Waals surface area contributed by atoms with Crippen LogP contribution in [0, 0.1) is 28.6 Å². The van der Waals surface area contributed by atoms with Crippen LogP contribution in [0.15, 0.2) is 35.1 Å². The third kappa shape index (κ3) is 2.19. The lowest BCUT2D eigenvalue weighted by atomic mass is 9.48. The molecule has 132 valence electrons. The predicted octanol–water partition coefficient (Wildman–Crippen LogP) is 6.43. The molecule has 5 unspecified atom stereocenters. The SMILES string of the molecule is C/C=C1/CCC2C3CC=C4C=C(OCC)CCC4(C)C3CCC12C. The molecule has 0 aromatic carbocycles. The molecule has 4 aliphatic rings. The summed E-state index contributed by atoms with van der Waals surface area (Å²) in [5, 5.41) is 0. The lowest BCUT2D eigenvalue weighted by Crippen LogP contribution is -2.48. The van der Waals surface area contributed by atoms with Gasteiger partial charge in [-0.15, -0.1) is 0 Å². The van der Waals surface area contributed by atoms with E-state index in [2.05, 4.69) is 45.9 Å². The quantitative estimate of drug-likeness (QED) is 0.532.